The van der Waals surface area contributed by atoms with Gasteiger partial charge in [0.1, 0.15) is 24.0 Å². The number of aromatic nitrogens is 7. The number of hydrogen-bond donors (Lipinski definition) is 2. The van der Waals surface area contributed by atoms with E-state index in [4.69, 9.17) is 0 Å². The van der Waals surface area contributed by atoms with Gasteiger partial charge >= 0.3 is 0 Å². The van der Waals surface area contributed by atoms with Gasteiger partial charge in [-0.1, -0.05) is 6.07 Å². The molecular formula is C17H16N8O. The van der Waals surface area contributed by atoms with Gasteiger partial charge in [0.25, 0.3) is 5.91 Å². The lowest BCUT2D eigenvalue weighted by atomic mass is 10.2. The summed E-state index contributed by atoms with van der Waals surface area (Å²) in [5.74, 6) is 0.380. The highest BCUT2D eigenvalue weighted by atomic mass is 16.1. The Morgan fingerprint density at radius 3 is 3.00 bits per heavy atom. The third-order valence-electron chi connectivity index (χ3n) is 3.97. The van der Waals surface area contributed by atoms with Crippen molar-refractivity contribution in [1.29, 1.82) is 0 Å². The van der Waals surface area contributed by atoms with Gasteiger partial charge in [-0.15, -0.1) is 0 Å². The summed E-state index contributed by atoms with van der Waals surface area (Å²) in [6, 6.07) is 9.29. The molecule has 9 heteroatoms. The highest BCUT2D eigenvalue weighted by Crippen LogP contribution is 2.17. The maximum Gasteiger partial charge on any atom is 0.269 e. The number of carbonyl (C=O) groups excluding carboxylic acids is 1. The van der Waals surface area contributed by atoms with Gasteiger partial charge in [0.05, 0.1) is 5.69 Å². The maximum atomic E-state index is 12.4. The van der Waals surface area contributed by atoms with E-state index in [2.05, 4.69) is 30.6 Å². The van der Waals surface area contributed by atoms with Crippen molar-refractivity contribution in [1.82, 2.24) is 39.8 Å². The molecule has 26 heavy (non-hydrogen) atoms. The fraction of sp³-hybridized carbons (Fsp3) is 0.118. The Bertz CT molecular complexity index is 1030. The SMILES string of the molecule is Cn1cccc1-c1cc(C(=O)NCc2cccnc2-n2cncn2)[nH]n1. The Kier molecular flexibility index (Phi) is 4.02. The average molecular weight is 348 g/mol. The third-order valence-corrected chi connectivity index (χ3v) is 3.97. The van der Waals surface area contributed by atoms with Gasteiger partial charge < -0.3 is 9.88 Å². The van der Waals surface area contributed by atoms with Crippen molar-refractivity contribution in [2.24, 2.45) is 7.05 Å². The number of rotatable bonds is 5. The molecule has 1 amide bonds. The van der Waals surface area contributed by atoms with Gasteiger partial charge in [0.2, 0.25) is 0 Å². The summed E-state index contributed by atoms with van der Waals surface area (Å²) in [6.07, 6.45) is 6.60. The molecule has 4 heterocycles. The normalized spacial score (nSPS) is 10.8. The first-order valence-electron chi connectivity index (χ1n) is 7.96. The van der Waals surface area contributed by atoms with Gasteiger partial charge in [-0.3, -0.25) is 9.89 Å². The fourth-order valence-electron chi connectivity index (χ4n) is 2.66. The molecule has 0 saturated carbocycles. The predicted molar refractivity (Wildman–Crippen MR) is 93.3 cm³/mol. The largest absolute Gasteiger partial charge is 0.349 e. The number of aryl methyl sites for hydroxylation is 1. The summed E-state index contributed by atoms with van der Waals surface area (Å²) in [5, 5.41) is 13.9. The Morgan fingerprint density at radius 2 is 2.23 bits per heavy atom. The van der Waals surface area contributed by atoms with Crippen LogP contribution in [0.4, 0.5) is 0 Å². The van der Waals surface area contributed by atoms with Crippen LogP contribution in [0.5, 0.6) is 0 Å². The van der Waals surface area contributed by atoms with E-state index in [0.29, 0.717) is 23.8 Å². The van der Waals surface area contributed by atoms with Gasteiger partial charge in [0, 0.05) is 31.5 Å². The fourth-order valence-corrected chi connectivity index (χ4v) is 2.66. The lowest BCUT2D eigenvalue weighted by Gasteiger charge is -2.08. The summed E-state index contributed by atoms with van der Waals surface area (Å²) in [6.45, 7) is 0.306. The summed E-state index contributed by atoms with van der Waals surface area (Å²) in [7, 11) is 1.93. The van der Waals surface area contributed by atoms with Crippen LogP contribution < -0.4 is 5.32 Å². The van der Waals surface area contributed by atoms with Crippen LogP contribution in [0.1, 0.15) is 16.1 Å². The molecule has 0 aromatic carbocycles. The molecule has 0 saturated heterocycles. The molecule has 0 aliphatic carbocycles. The van der Waals surface area contributed by atoms with Crippen molar-refractivity contribution in [3.05, 3.63) is 66.6 Å². The molecule has 130 valence electrons. The lowest BCUT2D eigenvalue weighted by molar-refractivity contribution is 0.0946. The number of amides is 1. The van der Waals surface area contributed by atoms with Gasteiger partial charge in [0.15, 0.2) is 5.82 Å². The summed E-state index contributed by atoms with van der Waals surface area (Å²) in [4.78, 5) is 20.7. The van der Waals surface area contributed by atoms with Crippen LogP contribution in [0.25, 0.3) is 17.2 Å². The molecule has 0 fully saturated rings. The molecular weight excluding hydrogens is 332 g/mol. The van der Waals surface area contributed by atoms with Crippen LogP contribution in [-0.4, -0.2) is 40.4 Å². The van der Waals surface area contributed by atoms with Gasteiger partial charge in [-0.05, 0) is 24.3 Å². The minimum Gasteiger partial charge on any atom is -0.349 e. The van der Waals surface area contributed by atoms with Crippen LogP contribution in [0.2, 0.25) is 0 Å². The zero-order valence-corrected chi connectivity index (χ0v) is 14.0. The molecule has 9 nitrogen and oxygen atoms in total. The molecule has 0 spiro atoms. The monoisotopic (exact) mass is 348 g/mol. The topological polar surface area (TPSA) is 106 Å². The van der Waals surface area contributed by atoms with Crippen LogP contribution in [-0.2, 0) is 13.6 Å². The van der Waals surface area contributed by atoms with Gasteiger partial charge in [-0.25, -0.2) is 14.6 Å². The molecule has 2 N–H and O–H groups in total. The van der Waals surface area contributed by atoms with Crippen molar-refractivity contribution < 1.29 is 4.79 Å². The second kappa shape index (κ2) is 6.63. The van der Waals surface area contributed by atoms with E-state index in [9.17, 15) is 4.79 Å². The minimum atomic E-state index is -0.244. The zero-order valence-electron chi connectivity index (χ0n) is 14.0. The Labute approximate surface area is 148 Å². The molecule has 0 aliphatic heterocycles. The van der Waals surface area contributed by atoms with Crippen molar-refractivity contribution in [2.75, 3.05) is 0 Å². The Hall–Kier alpha value is -3.75. The number of nitrogens with zero attached hydrogens (tertiary/aromatic N) is 6. The van der Waals surface area contributed by atoms with Crippen molar-refractivity contribution in [3.8, 4) is 17.2 Å². The highest BCUT2D eigenvalue weighted by molar-refractivity contribution is 5.93. The maximum absolute atomic E-state index is 12.4. The zero-order chi connectivity index (χ0) is 17.9. The molecule has 4 aromatic rings. The first kappa shape index (κ1) is 15.8. The highest BCUT2D eigenvalue weighted by Gasteiger charge is 2.13. The van der Waals surface area contributed by atoms with Crippen LogP contribution in [0.3, 0.4) is 0 Å². The molecule has 4 rings (SSSR count). The second-order valence-electron chi connectivity index (χ2n) is 5.68. The smallest absolute Gasteiger partial charge is 0.269 e. The van der Waals surface area contributed by atoms with E-state index in [-0.39, 0.29) is 5.91 Å². The number of pyridine rings is 1. The first-order valence-corrected chi connectivity index (χ1v) is 7.96. The number of H-pyrrole nitrogens is 1. The third kappa shape index (κ3) is 2.97. The van der Waals surface area contributed by atoms with E-state index in [0.717, 1.165) is 11.3 Å². The second-order valence-corrected chi connectivity index (χ2v) is 5.68. The number of carbonyl (C=O) groups is 1. The molecule has 0 unspecified atom stereocenters. The predicted octanol–water partition coefficient (Wildman–Crippen LogP) is 1.32. The Balaban J connectivity index is 1.49. The first-order chi connectivity index (χ1) is 12.7. The summed E-state index contributed by atoms with van der Waals surface area (Å²) >= 11 is 0. The number of nitrogens with one attached hydrogen (secondary N) is 2. The van der Waals surface area contributed by atoms with Crippen LogP contribution >= 0.6 is 0 Å². The summed E-state index contributed by atoms with van der Waals surface area (Å²) in [5.41, 5.74) is 2.87. The Morgan fingerprint density at radius 1 is 1.31 bits per heavy atom. The molecule has 4 aromatic heterocycles. The van der Waals surface area contributed by atoms with Crippen molar-refractivity contribution >= 4 is 5.91 Å². The minimum absolute atomic E-state index is 0.244. The standard InChI is InChI=1S/C17H16N8O/c1-24-7-3-5-15(24)13-8-14(23-22-13)17(26)20-9-12-4-2-6-19-16(12)25-11-18-10-21-25/h2-8,10-11H,9H2,1H3,(H,20,26)(H,22,23). The molecule has 0 atom stereocenters. The molecule has 0 radical (unpaired) electrons. The quantitative estimate of drug-likeness (QED) is 0.566. The van der Waals surface area contributed by atoms with E-state index >= 15 is 0 Å². The lowest BCUT2D eigenvalue weighted by Crippen LogP contribution is -2.24. The van der Waals surface area contributed by atoms with Crippen molar-refractivity contribution in [3.63, 3.8) is 0 Å². The molecule has 0 aliphatic rings. The van der Waals surface area contributed by atoms with E-state index in [1.807, 2.05) is 42.1 Å². The van der Waals surface area contributed by atoms with E-state index in [1.54, 1.807) is 23.3 Å². The van der Waals surface area contributed by atoms with Crippen LogP contribution in [0.15, 0.2) is 55.4 Å². The average Bonchev–Trinajstić information content (AvgIpc) is 3.41. The number of hydrogen-bond acceptors (Lipinski definition) is 5. The number of aromatic amines is 1. The van der Waals surface area contributed by atoms with Crippen LogP contribution in [0, 0.1) is 0 Å². The van der Waals surface area contributed by atoms with Crippen molar-refractivity contribution in [2.45, 2.75) is 6.54 Å². The molecule has 0 bridgehead atoms. The van der Waals surface area contributed by atoms with Gasteiger partial charge in [-0.2, -0.15) is 10.2 Å². The van der Waals surface area contributed by atoms with E-state index in [1.165, 1.54) is 6.33 Å². The van der Waals surface area contributed by atoms with E-state index < -0.39 is 0 Å². The summed E-state index contributed by atoms with van der Waals surface area (Å²) < 4.78 is 3.50.